The maximum absolute atomic E-state index is 11.0. The molecule has 1 aromatic carbocycles. The molecule has 0 saturated heterocycles. The largest absolute Gasteiger partial charge is 0.494 e. The third-order valence-electron chi connectivity index (χ3n) is 2.16. The van der Waals surface area contributed by atoms with Crippen LogP contribution in [0.4, 0.5) is 0 Å². The minimum Gasteiger partial charge on any atom is -0.494 e. The maximum atomic E-state index is 11.0. The second-order valence-corrected chi connectivity index (χ2v) is 4.12. The van der Waals surface area contributed by atoms with Crippen LogP contribution in [-0.2, 0) is 11.2 Å². The summed E-state index contributed by atoms with van der Waals surface area (Å²) in [6.07, 6.45) is 0.665. The summed E-state index contributed by atoms with van der Waals surface area (Å²) in [7, 11) is 0. The quantitative estimate of drug-likeness (QED) is 0.811. The van der Waals surface area contributed by atoms with Crippen LogP contribution in [-0.4, -0.2) is 24.9 Å². The van der Waals surface area contributed by atoms with Gasteiger partial charge in [-0.1, -0.05) is 11.6 Å². The highest BCUT2D eigenvalue weighted by Crippen LogP contribution is 2.23. The van der Waals surface area contributed by atoms with Crippen LogP contribution in [0.5, 0.6) is 5.75 Å². The Kier molecular flexibility index (Phi) is 6.16. The van der Waals surface area contributed by atoms with Crippen molar-refractivity contribution in [1.29, 1.82) is 0 Å². The van der Waals surface area contributed by atoms with Gasteiger partial charge in [-0.05, 0) is 37.1 Å². The lowest BCUT2D eigenvalue weighted by molar-refractivity contribution is -0.118. The Labute approximate surface area is 111 Å². The summed E-state index contributed by atoms with van der Waals surface area (Å²) in [5.74, 6) is 0.608. The molecule has 0 aliphatic rings. The Morgan fingerprint density at radius 2 is 2.24 bits per heavy atom. The van der Waals surface area contributed by atoms with E-state index in [2.05, 4.69) is 5.32 Å². The van der Waals surface area contributed by atoms with Gasteiger partial charge in [0, 0.05) is 11.6 Å². The lowest BCUT2D eigenvalue weighted by atomic mass is 10.1. The first kappa shape index (κ1) is 14.1. The highest BCUT2D eigenvalue weighted by atomic mass is 35.5. The van der Waals surface area contributed by atoms with Gasteiger partial charge in [0.25, 0.3) is 0 Å². The molecule has 3 nitrogen and oxygen atoms in total. The van der Waals surface area contributed by atoms with Crippen molar-refractivity contribution in [3.05, 3.63) is 28.8 Å². The molecule has 1 N–H and O–H groups in total. The third kappa shape index (κ3) is 4.84. The Balaban J connectivity index is 2.61. The minimum atomic E-state index is -0.174. The van der Waals surface area contributed by atoms with E-state index < -0.39 is 0 Å². The van der Waals surface area contributed by atoms with Crippen LogP contribution in [0.1, 0.15) is 12.5 Å². The van der Waals surface area contributed by atoms with Crippen LogP contribution in [0.2, 0.25) is 5.02 Å². The topological polar surface area (TPSA) is 38.3 Å². The van der Waals surface area contributed by atoms with Crippen LogP contribution >= 0.6 is 23.2 Å². The van der Waals surface area contributed by atoms with Crippen LogP contribution in [0, 0.1) is 0 Å². The van der Waals surface area contributed by atoms with E-state index in [1.54, 1.807) is 6.07 Å². The standard InChI is InChI=1S/C12H15Cl2NO2/c1-2-17-11-4-3-10(14)7-9(11)5-6-15-12(16)8-13/h3-4,7H,2,5-6,8H2,1H3,(H,15,16). The van der Waals surface area contributed by atoms with E-state index in [9.17, 15) is 4.79 Å². The van der Waals surface area contributed by atoms with Crippen LogP contribution in [0.3, 0.4) is 0 Å². The zero-order chi connectivity index (χ0) is 12.7. The van der Waals surface area contributed by atoms with Crippen LogP contribution in [0.25, 0.3) is 0 Å². The minimum absolute atomic E-state index is 0.0200. The van der Waals surface area contributed by atoms with Crippen LogP contribution in [0.15, 0.2) is 18.2 Å². The summed E-state index contributed by atoms with van der Waals surface area (Å²) >= 11 is 11.3. The van der Waals surface area contributed by atoms with Gasteiger partial charge in [-0.15, -0.1) is 11.6 Å². The molecule has 0 radical (unpaired) electrons. The third-order valence-corrected chi connectivity index (χ3v) is 2.64. The monoisotopic (exact) mass is 275 g/mol. The van der Waals surface area contributed by atoms with Crippen molar-refractivity contribution < 1.29 is 9.53 Å². The molecule has 0 bridgehead atoms. The van der Waals surface area contributed by atoms with Crippen molar-refractivity contribution in [3.8, 4) is 5.75 Å². The molecule has 0 fully saturated rings. The van der Waals surface area contributed by atoms with E-state index in [1.165, 1.54) is 0 Å². The van der Waals surface area contributed by atoms with Gasteiger partial charge in [0.05, 0.1) is 6.61 Å². The predicted molar refractivity (Wildman–Crippen MR) is 70.1 cm³/mol. The highest BCUT2D eigenvalue weighted by molar-refractivity contribution is 6.30. The second-order valence-electron chi connectivity index (χ2n) is 3.42. The number of hydrogen-bond donors (Lipinski definition) is 1. The van der Waals surface area contributed by atoms with E-state index >= 15 is 0 Å². The zero-order valence-electron chi connectivity index (χ0n) is 9.63. The highest BCUT2D eigenvalue weighted by Gasteiger charge is 2.05. The maximum Gasteiger partial charge on any atom is 0.234 e. The van der Waals surface area contributed by atoms with Gasteiger partial charge < -0.3 is 10.1 Å². The van der Waals surface area contributed by atoms with Crippen molar-refractivity contribution in [2.75, 3.05) is 19.0 Å². The van der Waals surface area contributed by atoms with Gasteiger partial charge in [0.1, 0.15) is 11.6 Å². The molecule has 1 rings (SSSR count). The molecule has 0 atom stereocenters. The molecule has 94 valence electrons. The summed E-state index contributed by atoms with van der Waals surface area (Å²) < 4.78 is 5.48. The molecule has 0 aromatic heterocycles. The number of amides is 1. The molecular formula is C12H15Cl2NO2. The van der Waals surface area contributed by atoms with Gasteiger partial charge in [0.15, 0.2) is 0 Å². The van der Waals surface area contributed by atoms with Gasteiger partial charge in [0.2, 0.25) is 5.91 Å². The number of carbonyl (C=O) groups is 1. The summed E-state index contributed by atoms with van der Waals surface area (Å²) in [5, 5.41) is 3.36. The first-order valence-electron chi connectivity index (χ1n) is 5.41. The Morgan fingerprint density at radius 3 is 2.88 bits per heavy atom. The molecule has 0 unspecified atom stereocenters. The fourth-order valence-corrected chi connectivity index (χ4v) is 1.71. The summed E-state index contributed by atoms with van der Waals surface area (Å²) in [6, 6.07) is 5.47. The lowest BCUT2D eigenvalue weighted by Crippen LogP contribution is -2.26. The van der Waals surface area contributed by atoms with Crippen molar-refractivity contribution in [2.45, 2.75) is 13.3 Å². The number of benzene rings is 1. The first-order chi connectivity index (χ1) is 8.17. The molecule has 0 heterocycles. The van der Waals surface area contributed by atoms with Crippen molar-refractivity contribution in [1.82, 2.24) is 5.32 Å². The van der Waals surface area contributed by atoms with E-state index in [4.69, 9.17) is 27.9 Å². The number of hydrogen-bond acceptors (Lipinski definition) is 2. The van der Waals surface area contributed by atoms with Crippen molar-refractivity contribution in [2.24, 2.45) is 0 Å². The molecule has 0 aliphatic heterocycles. The summed E-state index contributed by atoms with van der Waals surface area (Å²) in [6.45, 7) is 3.04. The number of nitrogens with one attached hydrogen (secondary N) is 1. The van der Waals surface area contributed by atoms with Gasteiger partial charge in [-0.25, -0.2) is 0 Å². The van der Waals surface area contributed by atoms with E-state index in [0.717, 1.165) is 11.3 Å². The molecule has 17 heavy (non-hydrogen) atoms. The van der Waals surface area contributed by atoms with E-state index in [0.29, 0.717) is 24.6 Å². The molecule has 0 spiro atoms. The number of rotatable bonds is 6. The SMILES string of the molecule is CCOc1ccc(Cl)cc1CCNC(=O)CCl. The normalized spacial score (nSPS) is 10.1. The molecule has 1 amide bonds. The van der Waals surface area contributed by atoms with Gasteiger partial charge >= 0.3 is 0 Å². The first-order valence-corrected chi connectivity index (χ1v) is 6.32. The predicted octanol–water partition coefficient (Wildman–Crippen LogP) is 2.64. The molecule has 5 heteroatoms. The number of ether oxygens (including phenoxy) is 1. The summed E-state index contributed by atoms with van der Waals surface area (Å²) in [5.41, 5.74) is 0.981. The molecule has 0 aliphatic carbocycles. The van der Waals surface area contributed by atoms with Crippen molar-refractivity contribution in [3.63, 3.8) is 0 Å². The smallest absolute Gasteiger partial charge is 0.234 e. The Morgan fingerprint density at radius 1 is 1.47 bits per heavy atom. The van der Waals surface area contributed by atoms with E-state index in [-0.39, 0.29) is 11.8 Å². The number of alkyl halides is 1. The van der Waals surface area contributed by atoms with Gasteiger partial charge in [-0.2, -0.15) is 0 Å². The summed E-state index contributed by atoms with van der Waals surface area (Å²) in [4.78, 5) is 11.0. The average Bonchev–Trinajstić information content (AvgIpc) is 2.32. The van der Waals surface area contributed by atoms with Gasteiger partial charge in [-0.3, -0.25) is 4.79 Å². The Bertz CT molecular complexity index is 383. The molecule has 0 saturated carbocycles. The molecule has 1 aromatic rings. The average molecular weight is 276 g/mol. The fourth-order valence-electron chi connectivity index (χ4n) is 1.42. The van der Waals surface area contributed by atoms with E-state index in [1.807, 2.05) is 19.1 Å². The Hall–Kier alpha value is -0.930. The van der Waals surface area contributed by atoms with Crippen molar-refractivity contribution >= 4 is 29.1 Å². The second kappa shape index (κ2) is 7.41. The number of halogens is 2. The fraction of sp³-hybridized carbons (Fsp3) is 0.417. The lowest BCUT2D eigenvalue weighted by Gasteiger charge is -2.10. The molecular weight excluding hydrogens is 261 g/mol. The zero-order valence-corrected chi connectivity index (χ0v) is 11.1. The number of carbonyl (C=O) groups excluding carboxylic acids is 1. The van der Waals surface area contributed by atoms with Crippen LogP contribution < -0.4 is 10.1 Å².